The van der Waals surface area contributed by atoms with Crippen LogP contribution in [-0.4, -0.2) is 41.6 Å². The Hall–Kier alpha value is -0.880. The number of rotatable bonds is 4. The molecule has 1 unspecified atom stereocenters. The van der Waals surface area contributed by atoms with Gasteiger partial charge in [0, 0.05) is 26.7 Å². The van der Waals surface area contributed by atoms with Crippen LogP contribution in [0.15, 0.2) is 0 Å². The van der Waals surface area contributed by atoms with Gasteiger partial charge in [0.1, 0.15) is 0 Å². The summed E-state index contributed by atoms with van der Waals surface area (Å²) in [6, 6.07) is 0. The molecule has 1 aliphatic heterocycles. The molecule has 2 heterocycles. The van der Waals surface area contributed by atoms with Crippen molar-refractivity contribution < 1.29 is 4.74 Å². The summed E-state index contributed by atoms with van der Waals surface area (Å²) in [4.78, 5) is 2.31. The van der Waals surface area contributed by atoms with E-state index in [2.05, 4.69) is 22.0 Å². The second-order valence-electron chi connectivity index (χ2n) is 4.48. The van der Waals surface area contributed by atoms with E-state index >= 15 is 0 Å². The fraction of sp³-hybridized carbons (Fsp3) is 0.818. The number of piperidine rings is 1. The molecule has 1 atom stereocenters. The van der Waals surface area contributed by atoms with Crippen molar-refractivity contribution in [3.05, 3.63) is 4.77 Å². The first-order chi connectivity index (χ1) is 8.26. The number of aromatic nitrogens is 3. The molecule has 1 N–H and O–H groups in total. The number of nitrogens with zero attached hydrogens (tertiary/aromatic N) is 3. The number of ether oxygens (including phenoxy) is 1. The van der Waals surface area contributed by atoms with Gasteiger partial charge in [-0.15, -0.1) is 5.10 Å². The molecule has 6 heteroatoms. The SMILES string of the molecule is CCn1c(N2CCCC(COC)C2)n[nH]c1=S. The van der Waals surface area contributed by atoms with Crippen LogP contribution in [0.5, 0.6) is 0 Å². The Morgan fingerprint density at radius 3 is 3.12 bits per heavy atom. The zero-order valence-corrected chi connectivity index (χ0v) is 11.3. The van der Waals surface area contributed by atoms with Crippen LogP contribution in [-0.2, 0) is 11.3 Å². The van der Waals surface area contributed by atoms with E-state index in [9.17, 15) is 0 Å². The molecule has 1 fully saturated rings. The van der Waals surface area contributed by atoms with Crippen LogP contribution >= 0.6 is 12.2 Å². The van der Waals surface area contributed by atoms with E-state index in [0.717, 1.165) is 32.2 Å². The van der Waals surface area contributed by atoms with Gasteiger partial charge in [0.2, 0.25) is 5.95 Å². The summed E-state index contributed by atoms with van der Waals surface area (Å²) in [6.45, 7) is 5.84. The third-order valence-corrected chi connectivity index (χ3v) is 3.57. The van der Waals surface area contributed by atoms with Crippen molar-refractivity contribution in [1.29, 1.82) is 0 Å². The molecule has 1 aromatic rings. The lowest BCUT2D eigenvalue weighted by Gasteiger charge is -2.32. The van der Waals surface area contributed by atoms with E-state index in [1.807, 2.05) is 4.57 Å². The fourth-order valence-corrected chi connectivity index (χ4v) is 2.71. The summed E-state index contributed by atoms with van der Waals surface area (Å²) in [7, 11) is 1.76. The average Bonchev–Trinajstić information content (AvgIpc) is 2.71. The molecule has 1 saturated heterocycles. The predicted octanol–water partition coefficient (Wildman–Crippen LogP) is 1.82. The minimum atomic E-state index is 0.601. The largest absolute Gasteiger partial charge is 0.384 e. The van der Waals surface area contributed by atoms with Crippen molar-refractivity contribution in [3.63, 3.8) is 0 Å². The zero-order chi connectivity index (χ0) is 12.3. The van der Waals surface area contributed by atoms with Gasteiger partial charge in [0.25, 0.3) is 0 Å². The summed E-state index contributed by atoms with van der Waals surface area (Å²) in [5.41, 5.74) is 0. The Balaban J connectivity index is 2.13. The number of nitrogens with one attached hydrogen (secondary N) is 1. The summed E-state index contributed by atoms with van der Waals surface area (Å²) >= 11 is 5.22. The number of anilines is 1. The van der Waals surface area contributed by atoms with E-state index < -0.39 is 0 Å². The molecule has 2 rings (SSSR count). The molecule has 5 nitrogen and oxygen atoms in total. The first-order valence-corrected chi connectivity index (χ1v) is 6.56. The van der Waals surface area contributed by atoms with Crippen LogP contribution in [0.1, 0.15) is 19.8 Å². The van der Waals surface area contributed by atoms with Gasteiger partial charge in [-0.3, -0.25) is 4.57 Å². The van der Waals surface area contributed by atoms with E-state index in [4.69, 9.17) is 17.0 Å². The van der Waals surface area contributed by atoms with Crippen LogP contribution in [0.3, 0.4) is 0 Å². The highest BCUT2D eigenvalue weighted by atomic mass is 32.1. The number of methoxy groups -OCH3 is 1. The van der Waals surface area contributed by atoms with Gasteiger partial charge in [0.05, 0.1) is 6.61 Å². The monoisotopic (exact) mass is 256 g/mol. The predicted molar refractivity (Wildman–Crippen MR) is 69.9 cm³/mol. The van der Waals surface area contributed by atoms with Crippen LogP contribution in [0, 0.1) is 10.7 Å². The minimum Gasteiger partial charge on any atom is -0.384 e. The van der Waals surface area contributed by atoms with Gasteiger partial charge in [-0.2, -0.15) is 0 Å². The number of H-pyrrole nitrogens is 1. The van der Waals surface area contributed by atoms with Crippen LogP contribution in [0.4, 0.5) is 5.95 Å². The molecule has 0 aliphatic carbocycles. The second-order valence-corrected chi connectivity index (χ2v) is 4.87. The van der Waals surface area contributed by atoms with Gasteiger partial charge in [-0.05, 0) is 37.9 Å². The van der Waals surface area contributed by atoms with Crippen molar-refractivity contribution in [3.8, 4) is 0 Å². The van der Waals surface area contributed by atoms with Gasteiger partial charge < -0.3 is 9.64 Å². The van der Waals surface area contributed by atoms with Crippen molar-refractivity contribution in [1.82, 2.24) is 14.8 Å². The molecule has 0 radical (unpaired) electrons. The number of hydrogen-bond donors (Lipinski definition) is 1. The maximum absolute atomic E-state index is 5.25. The molecular weight excluding hydrogens is 236 g/mol. The average molecular weight is 256 g/mol. The summed E-state index contributed by atoms with van der Waals surface area (Å²) in [5.74, 6) is 1.57. The molecular formula is C11H20N4OS. The minimum absolute atomic E-state index is 0.601. The van der Waals surface area contributed by atoms with E-state index in [-0.39, 0.29) is 0 Å². The van der Waals surface area contributed by atoms with Gasteiger partial charge in [0.15, 0.2) is 4.77 Å². The van der Waals surface area contributed by atoms with Crippen molar-refractivity contribution in [2.24, 2.45) is 5.92 Å². The Labute approximate surface area is 107 Å². The van der Waals surface area contributed by atoms with Crippen molar-refractivity contribution in [2.75, 3.05) is 31.7 Å². The van der Waals surface area contributed by atoms with Gasteiger partial charge in [-0.25, -0.2) is 5.10 Å². The first kappa shape index (κ1) is 12.6. The molecule has 0 bridgehead atoms. The van der Waals surface area contributed by atoms with Crippen LogP contribution < -0.4 is 4.90 Å². The van der Waals surface area contributed by atoms with E-state index in [1.165, 1.54) is 12.8 Å². The molecule has 1 aromatic heterocycles. The summed E-state index contributed by atoms with van der Waals surface area (Å²) < 4.78 is 8.00. The molecule has 1 aliphatic rings. The van der Waals surface area contributed by atoms with Gasteiger partial charge >= 0.3 is 0 Å². The maximum Gasteiger partial charge on any atom is 0.225 e. The quantitative estimate of drug-likeness (QED) is 0.835. The van der Waals surface area contributed by atoms with Crippen molar-refractivity contribution >= 4 is 18.2 Å². The molecule has 96 valence electrons. The highest BCUT2D eigenvalue weighted by molar-refractivity contribution is 7.71. The molecule has 0 amide bonds. The number of aromatic amines is 1. The normalized spacial score (nSPS) is 20.8. The third kappa shape index (κ3) is 2.69. The lowest BCUT2D eigenvalue weighted by molar-refractivity contribution is 0.142. The highest BCUT2D eigenvalue weighted by Crippen LogP contribution is 2.21. The second kappa shape index (κ2) is 5.64. The molecule has 0 spiro atoms. The fourth-order valence-electron chi connectivity index (χ4n) is 2.45. The summed E-state index contributed by atoms with van der Waals surface area (Å²) in [5, 5.41) is 7.21. The Morgan fingerprint density at radius 1 is 1.59 bits per heavy atom. The van der Waals surface area contributed by atoms with E-state index in [1.54, 1.807) is 7.11 Å². The molecule has 0 saturated carbocycles. The highest BCUT2D eigenvalue weighted by Gasteiger charge is 2.23. The Morgan fingerprint density at radius 2 is 2.41 bits per heavy atom. The molecule has 17 heavy (non-hydrogen) atoms. The van der Waals surface area contributed by atoms with Crippen LogP contribution in [0.25, 0.3) is 0 Å². The maximum atomic E-state index is 5.25. The summed E-state index contributed by atoms with van der Waals surface area (Å²) in [6.07, 6.45) is 2.43. The topological polar surface area (TPSA) is 46.1 Å². The lowest BCUT2D eigenvalue weighted by atomic mass is 9.99. The van der Waals surface area contributed by atoms with Crippen molar-refractivity contribution in [2.45, 2.75) is 26.3 Å². The first-order valence-electron chi connectivity index (χ1n) is 6.15. The smallest absolute Gasteiger partial charge is 0.225 e. The standard InChI is InChI=1S/C11H20N4OS/c1-3-15-10(12-13-11(15)17)14-6-4-5-9(7-14)8-16-2/h9H,3-8H2,1-2H3,(H,13,17). The molecule has 0 aromatic carbocycles. The Bertz CT molecular complexity index is 412. The Kier molecular flexibility index (Phi) is 4.17. The van der Waals surface area contributed by atoms with E-state index in [0.29, 0.717) is 10.7 Å². The lowest BCUT2D eigenvalue weighted by Crippen LogP contribution is -2.38. The third-order valence-electron chi connectivity index (χ3n) is 3.26. The van der Waals surface area contributed by atoms with Gasteiger partial charge in [-0.1, -0.05) is 0 Å². The zero-order valence-electron chi connectivity index (χ0n) is 10.5. The number of hydrogen-bond acceptors (Lipinski definition) is 4. The van der Waals surface area contributed by atoms with Crippen LogP contribution in [0.2, 0.25) is 0 Å².